The number of esters is 1. The van der Waals surface area contributed by atoms with Gasteiger partial charge in [-0.3, -0.25) is 0 Å². The zero-order chi connectivity index (χ0) is 17.6. The van der Waals surface area contributed by atoms with Crippen LogP contribution in [-0.2, 0) is 4.74 Å². The van der Waals surface area contributed by atoms with Gasteiger partial charge < -0.3 is 13.9 Å². The number of aromatic nitrogens is 1. The van der Waals surface area contributed by atoms with Crippen LogP contribution in [0.1, 0.15) is 23.7 Å². The predicted molar refractivity (Wildman–Crippen MR) is 95.7 cm³/mol. The smallest absolute Gasteiger partial charge is 0.341 e. The maximum Gasteiger partial charge on any atom is 0.341 e. The summed E-state index contributed by atoms with van der Waals surface area (Å²) < 4.78 is 12.7. The van der Waals surface area contributed by atoms with Crippen molar-refractivity contribution >= 4 is 22.4 Å². The van der Waals surface area contributed by atoms with E-state index in [1.54, 1.807) is 6.07 Å². The van der Waals surface area contributed by atoms with Gasteiger partial charge in [0.2, 0.25) is 0 Å². The Morgan fingerprint density at radius 2 is 2.12 bits per heavy atom. The fraction of sp³-hybridized carbons (Fsp3) is 0.200. The summed E-state index contributed by atoms with van der Waals surface area (Å²) in [5.74, 6) is 0.230. The van der Waals surface area contributed by atoms with Crippen LogP contribution in [0, 0.1) is 11.3 Å². The average Bonchev–Trinajstić information content (AvgIpc) is 2.97. The van der Waals surface area contributed by atoms with E-state index in [2.05, 4.69) is 0 Å². The molecule has 1 aromatic carbocycles. The average molecular weight is 334 g/mol. The molecule has 0 amide bonds. The molecular weight excluding hydrogens is 316 g/mol. The first kappa shape index (κ1) is 16.6. The molecule has 0 aliphatic heterocycles. The SMILES string of the molecule is CC/C=C/COC(=O)c1c2ccc(OCC#N)cc2n2ccccc12. The summed E-state index contributed by atoms with van der Waals surface area (Å²) in [4.78, 5) is 12.6. The van der Waals surface area contributed by atoms with E-state index >= 15 is 0 Å². The molecule has 0 fully saturated rings. The molecule has 0 radical (unpaired) electrons. The van der Waals surface area contributed by atoms with Crippen LogP contribution in [0.25, 0.3) is 16.4 Å². The number of ether oxygens (including phenoxy) is 2. The topological polar surface area (TPSA) is 63.7 Å². The molecule has 0 atom stereocenters. The molecule has 2 aromatic heterocycles. The minimum atomic E-state index is -0.356. The lowest BCUT2D eigenvalue weighted by Gasteiger charge is -2.03. The Labute approximate surface area is 145 Å². The summed E-state index contributed by atoms with van der Waals surface area (Å²) in [6, 6.07) is 13.0. The summed E-state index contributed by atoms with van der Waals surface area (Å²) in [6.45, 7) is 2.26. The van der Waals surface area contributed by atoms with Gasteiger partial charge in [0.1, 0.15) is 18.4 Å². The second-order valence-electron chi connectivity index (χ2n) is 5.43. The van der Waals surface area contributed by atoms with E-state index in [1.807, 2.05) is 66.1 Å². The molecule has 5 nitrogen and oxygen atoms in total. The van der Waals surface area contributed by atoms with Gasteiger partial charge in [-0.25, -0.2) is 4.79 Å². The van der Waals surface area contributed by atoms with Crippen molar-refractivity contribution in [2.45, 2.75) is 13.3 Å². The Kier molecular flexibility index (Phi) is 5.00. The van der Waals surface area contributed by atoms with Gasteiger partial charge >= 0.3 is 5.97 Å². The molecule has 0 saturated carbocycles. The van der Waals surface area contributed by atoms with Crippen LogP contribution in [0.2, 0.25) is 0 Å². The van der Waals surface area contributed by atoms with Crippen molar-refractivity contribution in [2.75, 3.05) is 13.2 Å². The fourth-order valence-corrected chi connectivity index (χ4v) is 2.77. The Hall–Kier alpha value is -3.26. The van der Waals surface area contributed by atoms with Gasteiger partial charge in [0.15, 0.2) is 6.61 Å². The van der Waals surface area contributed by atoms with Crippen LogP contribution in [-0.4, -0.2) is 23.6 Å². The van der Waals surface area contributed by atoms with E-state index in [4.69, 9.17) is 14.7 Å². The molecule has 2 heterocycles. The number of rotatable bonds is 6. The lowest BCUT2D eigenvalue weighted by Crippen LogP contribution is -2.05. The number of nitrogens with zero attached hydrogens (tertiary/aromatic N) is 2. The number of allylic oxidation sites excluding steroid dienone is 1. The molecule has 0 aliphatic rings. The normalized spacial score (nSPS) is 11.0. The number of nitriles is 1. The van der Waals surface area contributed by atoms with Crippen molar-refractivity contribution in [1.82, 2.24) is 4.40 Å². The minimum absolute atomic E-state index is 0.0204. The largest absolute Gasteiger partial charge is 0.479 e. The van der Waals surface area contributed by atoms with Crippen molar-refractivity contribution in [3.05, 3.63) is 60.3 Å². The van der Waals surface area contributed by atoms with Gasteiger partial charge in [-0.1, -0.05) is 25.1 Å². The van der Waals surface area contributed by atoms with E-state index in [1.165, 1.54) is 0 Å². The standard InChI is InChI=1S/C20H18N2O3/c1-2-3-6-12-25-20(23)19-16-9-8-15(24-13-10-21)14-18(16)22-11-5-4-7-17(19)22/h3-9,11,14H,2,12-13H2,1H3/b6-3+. The van der Waals surface area contributed by atoms with E-state index in [0.717, 1.165) is 22.8 Å². The third kappa shape index (κ3) is 3.33. The number of pyridine rings is 1. The van der Waals surface area contributed by atoms with Crippen molar-refractivity contribution in [3.8, 4) is 11.8 Å². The van der Waals surface area contributed by atoms with Gasteiger partial charge in [-0.2, -0.15) is 5.26 Å². The molecule has 3 rings (SSSR count). The third-order valence-corrected chi connectivity index (χ3v) is 3.83. The maximum absolute atomic E-state index is 12.6. The van der Waals surface area contributed by atoms with Crippen LogP contribution in [0.3, 0.4) is 0 Å². The minimum Gasteiger partial charge on any atom is -0.479 e. The first-order chi connectivity index (χ1) is 12.3. The van der Waals surface area contributed by atoms with Crippen molar-refractivity contribution in [3.63, 3.8) is 0 Å². The molecule has 0 spiro atoms. The van der Waals surface area contributed by atoms with Gasteiger partial charge in [0.05, 0.1) is 16.6 Å². The summed E-state index contributed by atoms with van der Waals surface area (Å²) in [6.07, 6.45) is 6.59. The lowest BCUT2D eigenvalue weighted by atomic mass is 10.1. The first-order valence-corrected chi connectivity index (χ1v) is 8.11. The van der Waals surface area contributed by atoms with Gasteiger partial charge in [-0.05, 0) is 30.7 Å². The Morgan fingerprint density at radius 3 is 2.92 bits per heavy atom. The van der Waals surface area contributed by atoms with Crippen LogP contribution in [0.15, 0.2) is 54.7 Å². The maximum atomic E-state index is 12.6. The zero-order valence-electron chi connectivity index (χ0n) is 13.9. The highest BCUT2D eigenvalue weighted by molar-refractivity contribution is 6.11. The van der Waals surface area contributed by atoms with E-state index < -0.39 is 0 Å². The second-order valence-corrected chi connectivity index (χ2v) is 5.43. The highest BCUT2D eigenvalue weighted by Crippen LogP contribution is 2.30. The van der Waals surface area contributed by atoms with E-state index in [9.17, 15) is 4.79 Å². The molecule has 5 heteroatoms. The summed E-state index contributed by atoms with van der Waals surface area (Å²) in [7, 11) is 0. The fourth-order valence-electron chi connectivity index (χ4n) is 2.77. The van der Waals surface area contributed by atoms with Crippen molar-refractivity contribution in [1.29, 1.82) is 5.26 Å². The lowest BCUT2D eigenvalue weighted by molar-refractivity contribution is 0.0554. The molecule has 0 unspecified atom stereocenters. The third-order valence-electron chi connectivity index (χ3n) is 3.83. The molecule has 0 bridgehead atoms. The Balaban J connectivity index is 2.05. The molecule has 0 saturated heterocycles. The number of carbonyl (C=O) groups is 1. The molecule has 126 valence electrons. The van der Waals surface area contributed by atoms with Gasteiger partial charge in [0, 0.05) is 17.6 Å². The number of hydrogen-bond donors (Lipinski definition) is 0. The number of carbonyl (C=O) groups excluding carboxylic acids is 1. The quantitative estimate of drug-likeness (QED) is 0.502. The number of hydrogen-bond acceptors (Lipinski definition) is 4. The molecular formula is C20H18N2O3. The second kappa shape index (κ2) is 7.54. The first-order valence-electron chi connectivity index (χ1n) is 8.11. The molecule has 0 aliphatic carbocycles. The van der Waals surface area contributed by atoms with Crippen LogP contribution < -0.4 is 4.74 Å². The summed E-state index contributed by atoms with van der Waals surface area (Å²) >= 11 is 0. The van der Waals surface area contributed by atoms with Gasteiger partial charge in [0.25, 0.3) is 0 Å². The Morgan fingerprint density at radius 1 is 1.24 bits per heavy atom. The van der Waals surface area contributed by atoms with E-state index in [-0.39, 0.29) is 19.2 Å². The summed E-state index contributed by atoms with van der Waals surface area (Å²) in [5.41, 5.74) is 2.15. The highest BCUT2D eigenvalue weighted by Gasteiger charge is 2.19. The van der Waals surface area contributed by atoms with Crippen LogP contribution >= 0.6 is 0 Å². The zero-order valence-corrected chi connectivity index (χ0v) is 13.9. The molecule has 3 aromatic rings. The number of fused-ring (bicyclic) bond motifs is 3. The molecule has 0 N–H and O–H groups in total. The Bertz CT molecular complexity index is 980. The van der Waals surface area contributed by atoms with Crippen LogP contribution in [0.4, 0.5) is 0 Å². The van der Waals surface area contributed by atoms with Gasteiger partial charge in [-0.15, -0.1) is 0 Å². The highest BCUT2D eigenvalue weighted by atomic mass is 16.5. The van der Waals surface area contributed by atoms with E-state index in [0.29, 0.717) is 11.3 Å². The van der Waals surface area contributed by atoms with Crippen molar-refractivity contribution in [2.24, 2.45) is 0 Å². The molecule has 25 heavy (non-hydrogen) atoms. The van der Waals surface area contributed by atoms with Crippen LogP contribution in [0.5, 0.6) is 5.75 Å². The number of benzene rings is 1. The van der Waals surface area contributed by atoms with Crippen molar-refractivity contribution < 1.29 is 14.3 Å². The monoisotopic (exact) mass is 334 g/mol. The summed E-state index contributed by atoms with van der Waals surface area (Å²) in [5, 5.41) is 9.45. The predicted octanol–water partition coefficient (Wildman–Crippen LogP) is 4.12.